The van der Waals surface area contributed by atoms with Crippen LogP contribution < -0.4 is 0 Å². The molecule has 0 amide bonds. The first-order chi connectivity index (χ1) is 6.60. The van der Waals surface area contributed by atoms with Crippen molar-refractivity contribution in [2.24, 2.45) is 0 Å². The van der Waals surface area contributed by atoms with Crippen LogP contribution in [0.2, 0.25) is 0 Å². The van der Waals surface area contributed by atoms with Crippen molar-refractivity contribution in [2.75, 3.05) is 13.4 Å². The second-order valence-corrected chi connectivity index (χ2v) is 4.48. The minimum atomic E-state index is -0.305. The van der Waals surface area contributed by atoms with E-state index in [1.54, 1.807) is 17.8 Å². The average molecular weight is 275 g/mol. The van der Waals surface area contributed by atoms with Gasteiger partial charge in [0.15, 0.2) is 0 Å². The molecule has 76 valence electrons. The van der Waals surface area contributed by atoms with Crippen molar-refractivity contribution in [3.05, 3.63) is 27.7 Å². The number of carbonyl (C=O) groups excluding carboxylic acids is 1. The predicted molar refractivity (Wildman–Crippen MR) is 62.0 cm³/mol. The zero-order valence-electron chi connectivity index (χ0n) is 8.26. The van der Waals surface area contributed by atoms with E-state index >= 15 is 0 Å². The standard InChI is InChI=1S/C10H11BrO2S/c1-6-8(11)4-7(10(12)13-2)5-9(6)14-3/h4-5H,1-3H3. The van der Waals surface area contributed by atoms with Gasteiger partial charge in [0.25, 0.3) is 0 Å². The lowest BCUT2D eigenvalue weighted by molar-refractivity contribution is 0.0600. The molecule has 0 spiro atoms. The molecule has 0 N–H and O–H groups in total. The number of benzene rings is 1. The van der Waals surface area contributed by atoms with Crippen molar-refractivity contribution < 1.29 is 9.53 Å². The van der Waals surface area contributed by atoms with Crippen molar-refractivity contribution in [1.29, 1.82) is 0 Å². The van der Waals surface area contributed by atoms with Crippen molar-refractivity contribution in [1.82, 2.24) is 0 Å². The number of halogens is 1. The number of methoxy groups -OCH3 is 1. The number of esters is 1. The summed E-state index contributed by atoms with van der Waals surface area (Å²) in [5.74, 6) is -0.305. The zero-order valence-corrected chi connectivity index (χ0v) is 10.7. The number of hydrogen-bond acceptors (Lipinski definition) is 3. The second-order valence-electron chi connectivity index (χ2n) is 2.78. The number of rotatable bonds is 2. The Bertz CT molecular complexity index is 363. The molecule has 1 rings (SSSR count). The highest BCUT2D eigenvalue weighted by atomic mass is 79.9. The first kappa shape index (κ1) is 11.6. The monoisotopic (exact) mass is 274 g/mol. The maximum absolute atomic E-state index is 11.3. The van der Waals surface area contributed by atoms with Crippen LogP contribution in [0.25, 0.3) is 0 Å². The lowest BCUT2D eigenvalue weighted by atomic mass is 10.1. The van der Waals surface area contributed by atoms with Gasteiger partial charge in [-0.05, 0) is 30.9 Å². The molecule has 1 aromatic rings. The molecule has 0 atom stereocenters. The van der Waals surface area contributed by atoms with E-state index in [0.29, 0.717) is 5.56 Å². The molecule has 0 fully saturated rings. The fourth-order valence-corrected chi connectivity index (χ4v) is 2.35. The highest BCUT2D eigenvalue weighted by molar-refractivity contribution is 9.10. The number of hydrogen-bond donors (Lipinski definition) is 0. The molecule has 14 heavy (non-hydrogen) atoms. The van der Waals surface area contributed by atoms with Gasteiger partial charge in [-0.2, -0.15) is 0 Å². The van der Waals surface area contributed by atoms with Crippen LogP contribution in [0.4, 0.5) is 0 Å². The third-order valence-corrected chi connectivity index (χ3v) is 3.63. The van der Waals surface area contributed by atoms with Gasteiger partial charge in [-0.1, -0.05) is 15.9 Å². The van der Waals surface area contributed by atoms with Gasteiger partial charge in [0.2, 0.25) is 0 Å². The van der Waals surface area contributed by atoms with Gasteiger partial charge in [-0.25, -0.2) is 4.79 Å². The fraction of sp³-hybridized carbons (Fsp3) is 0.300. The minimum absolute atomic E-state index is 0.305. The summed E-state index contributed by atoms with van der Waals surface area (Å²) in [6.45, 7) is 2.01. The van der Waals surface area contributed by atoms with E-state index in [1.807, 2.05) is 19.2 Å². The minimum Gasteiger partial charge on any atom is -0.465 e. The number of carbonyl (C=O) groups is 1. The third-order valence-electron chi connectivity index (χ3n) is 1.94. The molecular weight excluding hydrogens is 264 g/mol. The molecule has 4 heteroatoms. The molecule has 0 unspecified atom stereocenters. The van der Waals surface area contributed by atoms with Crippen LogP contribution in [0.15, 0.2) is 21.5 Å². The Labute approximate surface area is 96.2 Å². The summed E-state index contributed by atoms with van der Waals surface area (Å²) in [5, 5.41) is 0. The maximum Gasteiger partial charge on any atom is 0.337 e. The number of thioether (sulfide) groups is 1. The molecule has 1 aromatic carbocycles. The van der Waals surface area contributed by atoms with Gasteiger partial charge in [-0.15, -0.1) is 11.8 Å². The Morgan fingerprint density at radius 2 is 2.14 bits per heavy atom. The van der Waals surface area contributed by atoms with E-state index < -0.39 is 0 Å². The van der Waals surface area contributed by atoms with Crippen LogP contribution in [0.3, 0.4) is 0 Å². The highest BCUT2D eigenvalue weighted by Gasteiger charge is 2.10. The van der Waals surface area contributed by atoms with Crippen LogP contribution in [0, 0.1) is 6.92 Å². The van der Waals surface area contributed by atoms with Crippen molar-refractivity contribution >= 4 is 33.7 Å². The van der Waals surface area contributed by atoms with E-state index in [2.05, 4.69) is 20.7 Å². The molecule has 0 aliphatic heterocycles. The van der Waals surface area contributed by atoms with Gasteiger partial charge in [0, 0.05) is 9.37 Å². The molecule has 0 heterocycles. The molecule has 0 radical (unpaired) electrons. The molecular formula is C10H11BrO2S. The SMILES string of the molecule is COC(=O)c1cc(Br)c(C)c(SC)c1. The molecule has 0 aliphatic carbocycles. The molecule has 2 nitrogen and oxygen atoms in total. The Morgan fingerprint density at radius 1 is 1.50 bits per heavy atom. The van der Waals surface area contributed by atoms with Gasteiger partial charge in [-0.3, -0.25) is 0 Å². The summed E-state index contributed by atoms with van der Waals surface area (Å²) in [6, 6.07) is 3.62. The van der Waals surface area contributed by atoms with Gasteiger partial charge in [0.1, 0.15) is 0 Å². The van der Waals surface area contributed by atoms with Gasteiger partial charge in [0.05, 0.1) is 12.7 Å². The van der Waals surface area contributed by atoms with Crippen molar-refractivity contribution in [3.8, 4) is 0 Å². The summed E-state index contributed by atoms with van der Waals surface area (Å²) < 4.78 is 5.60. The normalized spacial score (nSPS) is 10.0. The van der Waals surface area contributed by atoms with Crippen LogP contribution in [-0.4, -0.2) is 19.3 Å². The van der Waals surface area contributed by atoms with Crippen LogP contribution in [-0.2, 0) is 4.74 Å². The Balaban J connectivity index is 3.22. The summed E-state index contributed by atoms with van der Waals surface area (Å²) in [6.07, 6.45) is 1.98. The largest absolute Gasteiger partial charge is 0.465 e. The topological polar surface area (TPSA) is 26.3 Å². The summed E-state index contributed by atoms with van der Waals surface area (Å²) >= 11 is 5.03. The average Bonchev–Trinajstić information content (AvgIpc) is 2.20. The third kappa shape index (κ3) is 2.30. The van der Waals surface area contributed by atoms with E-state index in [9.17, 15) is 4.79 Å². The van der Waals surface area contributed by atoms with Gasteiger partial charge < -0.3 is 4.74 Å². The van der Waals surface area contributed by atoms with E-state index in [4.69, 9.17) is 0 Å². The second kappa shape index (κ2) is 4.84. The quantitative estimate of drug-likeness (QED) is 0.612. The van der Waals surface area contributed by atoms with Crippen molar-refractivity contribution in [3.63, 3.8) is 0 Å². The zero-order chi connectivity index (χ0) is 10.7. The van der Waals surface area contributed by atoms with E-state index in [-0.39, 0.29) is 5.97 Å². The van der Waals surface area contributed by atoms with Crippen LogP contribution in [0.5, 0.6) is 0 Å². The number of ether oxygens (including phenoxy) is 1. The highest BCUT2D eigenvalue weighted by Crippen LogP contribution is 2.28. The molecule has 0 saturated heterocycles. The molecule has 0 bridgehead atoms. The first-order valence-corrected chi connectivity index (χ1v) is 6.04. The van der Waals surface area contributed by atoms with E-state index in [1.165, 1.54) is 7.11 Å². The predicted octanol–water partition coefficient (Wildman–Crippen LogP) is 3.27. The molecule has 0 aromatic heterocycles. The Hall–Kier alpha value is -0.480. The Kier molecular flexibility index (Phi) is 4.01. The smallest absolute Gasteiger partial charge is 0.337 e. The van der Waals surface area contributed by atoms with Crippen LogP contribution in [0.1, 0.15) is 15.9 Å². The summed E-state index contributed by atoms with van der Waals surface area (Å²) in [7, 11) is 1.38. The fourth-order valence-electron chi connectivity index (χ4n) is 1.10. The van der Waals surface area contributed by atoms with Gasteiger partial charge >= 0.3 is 5.97 Å². The lowest BCUT2D eigenvalue weighted by Crippen LogP contribution is -2.02. The molecule has 0 saturated carbocycles. The summed E-state index contributed by atoms with van der Waals surface area (Å²) in [4.78, 5) is 12.4. The lowest BCUT2D eigenvalue weighted by Gasteiger charge is -2.07. The van der Waals surface area contributed by atoms with Crippen LogP contribution >= 0.6 is 27.7 Å². The molecule has 0 aliphatic rings. The van der Waals surface area contributed by atoms with E-state index in [0.717, 1.165) is 14.9 Å². The summed E-state index contributed by atoms with van der Waals surface area (Å²) in [5.41, 5.74) is 1.72. The first-order valence-electron chi connectivity index (χ1n) is 4.02. The Morgan fingerprint density at radius 3 is 2.64 bits per heavy atom. The maximum atomic E-state index is 11.3. The van der Waals surface area contributed by atoms with Crippen molar-refractivity contribution in [2.45, 2.75) is 11.8 Å².